The minimum Gasteiger partial charge on any atom is -0.327 e. The fourth-order valence-electron chi connectivity index (χ4n) is 3.12. The van der Waals surface area contributed by atoms with Crippen molar-refractivity contribution in [3.8, 4) is 0 Å². The lowest BCUT2D eigenvalue weighted by molar-refractivity contribution is 0.499. The SMILES string of the molecule is NC(Cc1ccc(F)c(F)c1)C1CCc2ccccc21. The average molecular weight is 273 g/mol. The summed E-state index contributed by atoms with van der Waals surface area (Å²) in [5, 5.41) is 0. The molecule has 0 radical (unpaired) electrons. The van der Waals surface area contributed by atoms with Gasteiger partial charge in [-0.2, -0.15) is 0 Å². The molecule has 1 nitrogen and oxygen atoms in total. The number of halogens is 2. The lowest BCUT2D eigenvalue weighted by Gasteiger charge is -2.20. The van der Waals surface area contributed by atoms with Gasteiger partial charge in [0, 0.05) is 6.04 Å². The number of aryl methyl sites for hydroxylation is 1. The van der Waals surface area contributed by atoms with E-state index in [1.807, 2.05) is 12.1 Å². The maximum atomic E-state index is 13.2. The zero-order chi connectivity index (χ0) is 14.1. The Morgan fingerprint density at radius 2 is 1.90 bits per heavy atom. The van der Waals surface area contributed by atoms with Crippen LogP contribution in [0.5, 0.6) is 0 Å². The van der Waals surface area contributed by atoms with Crippen molar-refractivity contribution in [2.24, 2.45) is 5.73 Å². The molecule has 104 valence electrons. The zero-order valence-corrected chi connectivity index (χ0v) is 11.2. The molecule has 0 spiro atoms. The molecule has 2 N–H and O–H groups in total. The van der Waals surface area contributed by atoms with Crippen LogP contribution in [0.2, 0.25) is 0 Å². The predicted molar refractivity (Wildman–Crippen MR) is 75.5 cm³/mol. The van der Waals surface area contributed by atoms with Crippen LogP contribution < -0.4 is 5.73 Å². The Labute approximate surface area is 117 Å². The Balaban J connectivity index is 1.77. The summed E-state index contributed by atoms with van der Waals surface area (Å²) in [7, 11) is 0. The standard InChI is InChI=1S/C17H17F2N/c18-15-8-5-11(9-16(15)19)10-17(20)14-7-6-12-3-1-2-4-13(12)14/h1-5,8-9,14,17H,6-7,10,20H2. The Bertz CT molecular complexity index is 624. The molecule has 0 bridgehead atoms. The summed E-state index contributed by atoms with van der Waals surface area (Å²) in [6, 6.07) is 12.3. The van der Waals surface area contributed by atoms with Gasteiger partial charge in [-0.1, -0.05) is 30.3 Å². The van der Waals surface area contributed by atoms with Crippen molar-refractivity contribution in [3.63, 3.8) is 0 Å². The molecule has 0 heterocycles. The zero-order valence-electron chi connectivity index (χ0n) is 11.2. The molecule has 0 saturated carbocycles. The third-order valence-corrected chi connectivity index (χ3v) is 4.15. The third kappa shape index (κ3) is 2.46. The van der Waals surface area contributed by atoms with Crippen LogP contribution >= 0.6 is 0 Å². The number of fused-ring (bicyclic) bond motifs is 1. The van der Waals surface area contributed by atoms with Crippen LogP contribution in [0.1, 0.15) is 29.0 Å². The van der Waals surface area contributed by atoms with Crippen LogP contribution in [0.4, 0.5) is 8.78 Å². The maximum Gasteiger partial charge on any atom is 0.159 e. The average Bonchev–Trinajstić information content (AvgIpc) is 2.87. The van der Waals surface area contributed by atoms with Gasteiger partial charge in [-0.05, 0) is 54.0 Å². The molecule has 2 atom stereocenters. The second kappa shape index (κ2) is 5.33. The van der Waals surface area contributed by atoms with Gasteiger partial charge in [0.05, 0.1) is 0 Å². The topological polar surface area (TPSA) is 26.0 Å². The second-order valence-electron chi connectivity index (χ2n) is 5.46. The van der Waals surface area contributed by atoms with E-state index in [9.17, 15) is 8.78 Å². The van der Waals surface area contributed by atoms with Crippen LogP contribution in [0, 0.1) is 11.6 Å². The molecule has 2 aromatic rings. The first-order chi connectivity index (χ1) is 9.65. The van der Waals surface area contributed by atoms with Crippen molar-refractivity contribution in [3.05, 3.63) is 70.8 Å². The van der Waals surface area contributed by atoms with Crippen LogP contribution in [0.3, 0.4) is 0 Å². The summed E-state index contributed by atoms with van der Waals surface area (Å²) in [4.78, 5) is 0. The van der Waals surface area contributed by atoms with Gasteiger partial charge in [0.25, 0.3) is 0 Å². The molecule has 1 aliphatic rings. The van der Waals surface area contributed by atoms with Crippen molar-refractivity contribution in [2.75, 3.05) is 0 Å². The summed E-state index contributed by atoms with van der Waals surface area (Å²) >= 11 is 0. The highest BCUT2D eigenvalue weighted by molar-refractivity contribution is 5.36. The van der Waals surface area contributed by atoms with Crippen LogP contribution in [-0.2, 0) is 12.8 Å². The van der Waals surface area contributed by atoms with Gasteiger partial charge in [-0.25, -0.2) is 8.78 Å². The fourth-order valence-corrected chi connectivity index (χ4v) is 3.12. The minimum atomic E-state index is -0.812. The van der Waals surface area contributed by atoms with E-state index in [0.29, 0.717) is 12.3 Å². The first kappa shape index (κ1) is 13.3. The number of rotatable bonds is 3. The van der Waals surface area contributed by atoms with Gasteiger partial charge >= 0.3 is 0 Å². The number of hydrogen-bond donors (Lipinski definition) is 1. The van der Waals surface area contributed by atoms with Gasteiger partial charge in [-0.15, -0.1) is 0 Å². The quantitative estimate of drug-likeness (QED) is 0.909. The van der Waals surface area contributed by atoms with Crippen molar-refractivity contribution < 1.29 is 8.78 Å². The number of benzene rings is 2. The highest BCUT2D eigenvalue weighted by Gasteiger charge is 2.27. The summed E-state index contributed by atoms with van der Waals surface area (Å²) in [6.45, 7) is 0. The van der Waals surface area contributed by atoms with E-state index in [1.165, 1.54) is 23.3 Å². The second-order valence-corrected chi connectivity index (χ2v) is 5.46. The molecule has 1 aliphatic carbocycles. The monoisotopic (exact) mass is 273 g/mol. The smallest absolute Gasteiger partial charge is 0.159 e. The molecule has 0 amide bonds. The molecular weight excluding hydrogens is 256 g/mol. The maximum absolute atomic E-state index is 13.2. The Hall–Kier alpha value is -1.74. The van der Waals surface area contributed by atoms with Crippen LogP contribution in [0.15, 0.2) is 42.5 Å². The van der Waals surface area contributed by atoms with Crippen molar-refractivity contribution in [2.45, 2.75) is 31.2 Å². The fraction of sp³-hybridized carbons (Fsp3) is 0.294. The molecule has 0 aliphatic heterocycles. The van der Waals surface area contributed by atoms with Crippen molar-refractivity contribution in [1.82, 2.24) is 0 Å². The molecule has 0 fully saturated rings. The summed E-state index contributed by atoms with van der Waals surface area (Å²) in [5.74, 6) is -1.31. The van der Waals surface area contributed by atoms with E-state index in [4.69, 9.17) is 5.73 Å². The molecule has 0 saturated heterocycles. The molecule has 20 heavy (non-hydrogen) atoms. The van der Waals surface area contributed by atoms with Gasteiger partial charge in [0.15, 0.2) is 11.6 Å². The minimum absolute atomic E-state index is 0.0662. The van der Waals surface area contributed by atoms with Crippen molar-refractivity contribution >= 4 is 0 Å². The number of hydrogen-bond acceptors (Lipinski definition) is 1. The van der Waals surface area contributed by atoms with E-state index in [2.05, 4.69) is 12.1 Å². The Kier molecular flexibility index (Phi) is 3.53. The van der Waals surface area contributed by atoms with Gasteiger partial charge in [0.2, 0.25) is 0 Å². The highest BCUT2D eigenvalue weighted by Crippen LogP contribution is 2.35. The number of nitrogens with two attached hydrogens (primary N) is 1. The van der Waals surface area contributed by atoms with E-state index >= 15 is 0 Å². The first-order valence-electron chi connectivity index (χ1n) is 6.92. The van der Waals surface area contributed by atoms with Gasteiger partial charge in [-0.3, -0.25) is 0 Å². The summed E-state index contributed by atoms with van der Waals surface area (Å²) in [6.07, 6.45) is 2.65. The van der Waals surface area contributed by atoms with Crippen LogP contribution in [0.25, 0.3) is 0 Å². The van der Waals surface area contributed by atoms with Gasteiger partial charge in [0.1, 0.15) is 0 Å². The van der Waals surface area contributed by atoms with E-state index in [1.54, 1.807) is 6.07 Å². The molecule has 3 rings (SSSR count). The third-order valence-electron chi connectivity index (χ3n) is 4.15. The first-order valence-corrected chi connectivity index (χ1v) is 6.92. The molecule has 2 unspecified atom stereocenters. The van der Waals surface area contributed by atoms with E-state index in [0.717, 1.165) is 18.4 Å². The molecule has 3 heteroatoms. The summed E-state index contributed by atoms with van der Waals surface area (Å²) in [5.41, 5.74) is 9.72. The summed E-state index contributed by atoms with van der Waals surface area (Å²) < 4.78 is 26.2. The molecule has 2 aromatic carbocycles. The molecule has 0 aromatic heterocycles. The lowest BCUT2D eigenvalue weighted by atomic mass is 9.89. The van der Waals surface area contributed by atoms with Crippen LogP contribution in [-0.4, -0.2) is 6.04 Å². The Morgan fingerprint density at radius 1 is 1.10 bits per heavy atom. The van der Waals surface area contributed by atoms with Crippen molar-refractivity contribution in [1.29, 1.82) is 0 Å². The normalized spacial score (nSPS) is 18.9. The van der Waals surface area contributed by atoms with E-state index < -0.39 is 11.6 Å². The molecular formula is C17H17F2N. The highest BCUT2D eigenvalue weighted by atomic mass is 19.2. The Morgan fingerprint density at radius 3 is 2.70 bits per heavy atom. The predicted octanol–water partition coefficient (Wildman–Crippen LogP) is 3.56. The lowest BCUT2D eigenvalue weighted by Crippen LogP contribution is -2.29. The largest absolute Gasteiger partial charge is 0.327 e. The van der Waals surface area contributed by atoms with Gasteiger partial charge < -0.3 is 5.73 Å². The van der Waals surface area contributed by atoms with E-state index in [-0.39, 0.29) is 6.04 Å².